The minimum absolute atomic E-state index is 0. The highest BCUT2D eigenvalue weighted by atomic mass is 127. The Labute approximate surface area is 180 Å². The van der Waals surface area contributed by atoms with Crippen LogP contribution in [0.2, 0.25) is 0 Å². The number of nitrogens with zero attached hydrogens (tertiary/aromatic N) is 3. The average molecular weight is 515 g/mol. The molecule has 1 amide bonds. The van der Waals surface area contributed by atoms with Crippen LogP contribution in [-0.4, -0.2) is 95.5 Å². The van der Waals surface area contributed by atoms with E-state index in [4.69, 9.17) is 0 Å². The van der Waals surface area contributed by atoms with Gasteiger partial charge >= 0.3 is 0 Å². The van der Waals surface area contributed by atoms with Crippen LogP contribution in [0.25, 0.3) is 0 Å². The molecule has 1 heterocycles. The van der Waals surface area contributed by atoms with Crippen molar-refractivity contribution in [2.45, 2.75) is 25.7 Å². The van der Waals surface area contributed by atoms with Gasteiger partial charge in [-0.25, -0.2) is 8.42 Å². The lowest BCUT2D eigenvalue weighted by Crippen LogP contribution is -2.50. The molecule has 0 spiro atoms. The molecule has 8 nitrogen and oxygen atoms in total. The van der Waals surface area contributed by atoms with E-state index in [9.17, 15) is 13.2 Å². The molecule has 1 aliphatic heterocycles. The monoisotopic (exact) mass is 515 g/mol. The second-order valence-corrected chi connectivity index (χ2v) is 9.84. The molecule has 0 radical (unpaired) electrons. The summed E-state index contributed by atoms with van der Waals surface area (Å²) in [7, 11) is 2.51. The van der Waals surface area contributed by atoms with E-state index in [0.29, 0.717) is 32.1 Å². The zero-order valence-electron chi connectivity index (χ0n) is 16.7. The number of carbonyl (C=O) groups is 1. The van der Waals surface area contributed by atoms with Crippen molar-refractivity contribution < 1.29 is 13.2 Å². The van der Waals surface area contributed by atoms with E-state index in [1.807, 2.05) is 14.1 Å². The molecule has 0 atom stereocenters. The summed E-state index contributed by atoms with van der Waals surface area (Å²) in [5.41, 5.74) is -0.331. The third kappa shape index (κ3) is 7.04. The number of hydrogen-bond donors (Lipinski definition) is 2. The fourth-order valence-electron chi connectivity index (χ4n) is 3.77. The Bertz CT molecular complexity index is 604. The Balaban J connectivity index is 0.00000364. The van der Waals surface area contributed by atoms with E-state index in [-0.39, 0.29) is 46.8 Å². The number of aliphatic imine (C=N–C) groups is 1. The molecule has 0 aromatic rings. The predicted molar refractivity (Wildman–Crippen MR) is 119 cm³/mol. The molecule has 158 valence electrons. The van der Waals surface area contributed by atoms with Gasteiger partial charge in [0.2, 0.25) is 5.91 Å². The lowest BCUT2D eigenvalue weighted by atomic mass is 9.84. The number of hydrogen-bond acceptors (Lipinski definition) is 5. The summed E-state index contributed by atoms with van der Waals surface area (Å²) >= 11 is 0. The highest BCUT2D eigenvalue weighted by molar-refractivity contribution is 14.0. The summed E-state index contributed by atoms with van der Waals surface area (Å²) in [6.45, 7) is 3.24. The second-order valence-electron chi connectivity index (χ2n) is 7.53. The molecule has 0 aromatic carbocycles. The number of guanidine groups is 1. The van der Waals surface area contributed by atoms with Crippen LogP contribution < -0.4 is 10.6 Å². The van der Waals surface area contributed by atoms with Crippen molar-refractivity contribution in [3.63, 3.8) is 0 Å². The first-order valence-corrected chi connectivity index (χ1v) is 11.2. The van der Waals surface area contributed by atoms with Gasteiger partial charge in [-0.2, -0.15) is 0 Å². The maximum atomic E-state index is 12.6. The molecule has 1 saturated heterocycles. The van der Waals surface area contributed by atoms with Crippen molar-refractivity contribution in [2.24, 2.45) is 10.4 Å². The minimum Gasteiger partial charge on any atom is -0.355 e. The highest BCUT2D eigenvalue weighted by Gasteiger charge is 2.42. The molecule has 2 N–H and O–H groups in total. The zero-order valence-corrected chi connectivity index (χ0v) is 19.8. The Morgan fingerprint density at radius 2 is 1.74 bits per heavy atom. The predicted octanol–water partition coefficient (Wildman–Crippen LogP) is 0.148. The van der Waals surface area contributed by atoms with Gasteiger partial charge in [0, 0.05) is 53.9 Å². The molecular weight excluding hydrogens is 481 g/mol. The fraction of sp³-hybridized carbons (Fsp3) is 0.882. The molecule has 1 aliphatic carbocycles. The van der Waals surface area contributed by atoms with Gasteiger partial charge in [-0.05, 0) is 12.8 Å². The van der Waals surface area contributed by atoms with Crippen molar-refractivity contribution in [3.8, 4) is 0 Å². The van der Waals surface area contributed by atoms with Crippen LogP contribution in [0.3, 0.4) is 0 Å². The summed E-state index contributed by atoms with van der Waals surface area (Å²) < 4.78 is 22.9. The largest absolute Gasteiger partial charge is 0.355 e. The molecule has 2 fully saturated rings. The van der Waals surface area contributed by atoms with Crippen LogP contribution in [0.1, 0.15) is 25.7 Å². The van der Waals surface area contributed by atoms with E-state index in [1.165, 1.54) is 0 Å². The van der Waals surface area contributed by atoms with Crippen molar-refractivity contribution >= 4 is 45.7 Å². The van der Waals surface area contributed by atoms with E-state index < -0.39 is 9.84 Å². The lowest BCUT2D eigenvalue weighted by Gasteiger charge is -2.31. The van der Waals surface area contributed by atoms with Crippen LogP contribution in [-0.2, 0) is 14.6 Å². The van der Waals surface area contributed by atoms with Gasteiger partial charge in [-0.3, -0.25) is 14.7 Å². The number of sulfone groups is 1. The van der Waals surface area contributed by atoms with Crippen LogP contribution in [0, 0.1) is 5.41 Å². The molecule has 2 rings (SSSR count). The minimum atomic E-state index is -2.84. The molecule has 0 aromatic heterocycles. The van der Waals surface area contributed by atoms with Crippen LogP contribution >= 0.6 is 24.0 Å². The molecule has 10 heteroatoms. The van der Waals surface area contributed by atoms with Crippen LogP contribution in [0.15, 0.2) is 4.99 Å². The number of nitrogens with one attached hydrogen (secondary N) is 2. The van der Waals surface area contributed by atoms with Gasteiger partial charge in [-0.15, -0.1) is 24.0 Å². The van der Waals surface area contributed by atoms with E-state index in [0.717, 1.165) is 32.2 Å². The Morgan fingerprint density at radius 1 is 1.15 bits per heavy atom. The van der Waals surface area contributed by atoms with Crippen LogP contribution in [0.4, 0.5) is 0 Å². The number of halogens is 1. The smallest absolute Gasteiger partial charge is 0.230 e. The summed E-state index contributed by atoms with van der Waals surface area (Å²) in [5, 5.41) is 6.59. The molecule has 27 heavy (non-hydrogen) atoms. The van der Waals surface area contributed by atoms with Gasteiger partial charge in [0.15, 0.2) is 15.8 Å². The number of amides is 1. The van der Waals surface area contributed by atoms with Gasteiger partial charge in [0.25, 0.3) is 0 Å². The SMILES string of the molecule is CN=C(NCCN1CCS(=O)(=O)CC1)NCC1(C(=O)N(C)C)CCCC1.I. The van der Waals surface area contributed by atoms with E-state index in [2.05, 4.69) is 20.5 Å². The first kappa shape index (κ1) is 24.4. The summed E-state index contributed by atoms with van der Waals surface area (Å²) in [6, 6.07) is 0. The van der Waals surface area contributed by atoms with Crippen molar-refractivity contribution in [2.75, 3.05) is 65.4 Å². The number of carbonyl (C=O) groups excluding carboxylic acids is 1. The van der Waals surface area contributed by atoms with Crippen LogP contribution in [0.5, 0.6) is 0 Å². The maximum absolute atomic E-state index is 12.6. The van der Waals surface area contributed by atoms with Crippen molar-refractivity contribution in [3.05, 3.63) is 0 Å². The van der Waals surface area contributed by atoms with Gasteiger partial charge in [0.05, 0.1) is 16.9 Å². The maximum Gasteiger partial charge on any atom is 0.230 e. The second kappa shape index (κ2) is 10.8. The van der Waals surface area contributed by atoms with Gasteiger partial charge in [0.1, 0.15) is 0 Å². The summed E-state index contributed by atoms with van der Waals surface area (Å²) in [4.78, 5) is 20.7. The molecular formula is C17H34IN5O3S. The Morgan fingerprint density at radius 3 is 2.26 bits per heavy atom. The first-order chi connectivity index (χ1) is 12.3. The molecule has 2 aliphatic rings. The molecule has 1 saturated carbocycles. The van der Waals surface area contributed by atoms with Crippen molar-refractivity contribution in [1.29, 1.82) is 0 Å². The molecule has 0 unspecified atom stereocenters. The fourth-order valence-corrected chi connectivity index (χ4v) is 5.05. The highest BCUT2D eigenvalue weighted by Crippen LogP contribution is 2.38. The Hall–Kier alpha value is -0.620. The van der Waals surface area contributed by atoms with E-state index >= 15 is 0 Å². The van der Waals surface area contributed by atoms with Gasteiger partial charge < -0.3 is 15.5 Å². The zero-order chi connectivity index (χ0) is 19.2. The first-order valence-electron chi connectivity index (χ1n) is 9.37. The third-order valence-corrected chi connectivity index (χ3v) is 7.01. The topological polar surface area (TPSA) is 94.1 Å². The molecule has 0 bridgehead atoms. The third-order valence-electron chi connectivity index (χ3n) is 5.40. The average Bonchev–Trinajstić information content (AvgIpc) is 3.08. The Kier molecular flexibility index (Phi) is 9.76. The normalized spacial score (nSPS) is 22.0. The standard InChI is InChI=1S/C17H33N5O3S.HI/c1-18-16(19-8-9-22-10-12-26(24,25)13-11-22)20-14-17(6-4-5-7-17)15(23)21(2)3;/h4-14H2,1-3H3,(H2,18,19,20);1H. The lowest BCUT2D eigenvalue weighted by molar-refractivity contribution is -0.138. The van der Waals surface area contributed by atoms with Crippen molar-refractivity contribution in [1.82, 2.24) is 20.4 Å². The summed E-state index contributed by atoms with van der Waals surface area (Å²) in [5.74, 6) is 1.37. The number of rotatable bonds is 6. The van der Waals surface area contributed by atoms with E-state index in [1.54, 1.807) is 11.9 Å². The summed E-state index contributed by atoms with van der Waals surface area (Å²) in [6.07, 6.45) is 4.00. The van der Waals surface area contributed by atoms with Gasteiger partial charge in [-0.1, -0.05) is 12.8 Å². The quantitative estimate of drug-likeness (QED) is 0.297.